The summed E-state index contributed by atoms with van der Waals surface area (Å²) < 4.78 is 0. The first kappa shape index (κ1) is 16.3. The lowest BCUT2D eigenvalue weighted by Crippen LogP contribution is -2.51. The Morgan fingerprint density at radius 1 is 1.43 bits per heavy atom. The summed E-state index contributed by atoms with van der Waals surface area (Å²) in [5, 5.41) is 12.2. The van der Waals surface area contributed by atoms with Gasteiger partial charge in [-0.25, -0.2) is 0 Å². The van der Waals surface area contributed by atoms with Crippen LogP contribution in [0.15, 0.2) is 0 Å². The lowest BCUT2D eigenvalue weighted by Gasteiger charge is -2.40. The molecule has 120 valence electrons. The maximum Gasteiger partial charge on any atom is 0.303 e. The molecule has 2 atom stereocenters. The van der Waals surface area contributed by atoms with Gasteiger partial charge in [0.15, 0.2) is 0 Å². The largest absolute Gasteiger partial charge is 0.481 e. The zero-order chi connectivity index (χ0) is 15.5. The molecule has 5 heteroatoms. The smallest absolute Gasteiger partial charge is 0.303 e. The quantitative estimate of drug-likeness (QED) is 0.810. The van der Waals surface area contributed by atoms with Crippen LogP contribution >= 0.6 is 0 Å². The van der Waals surface area contributed by atoms with Gasteiger partial charge in [0.1, 0.15) is 0 Å². The zero-order valence-corrected chi connectivity index (χ0v) is 13.2. The van der Waals surface area contributed by atoms with Gasteiger partial charge in [-0.2, -0.15) is 0 Å². The normalized spacial score (nSPS) is 29.9. The molecule has 2 N–H and O–H groups in total. The minimum atomic E-state index is -0.739. The number of carboxylic acid groups (broad SMARTS) is 1. The summed E-state index contributed by atoms with van der Waals surface area (Å²) >= 11 is 0. The molecule has 2 aliphatic rings. The number of rotatable bonds is 5. The Hall–Kier alpha value is -1.10. The van der Waals surface area contributed by atoms with Crippen molar-refractivity contribution in [3.63, 3.8) is 0 Å². The van der Waals surface area contributed by atoms with Crippen molar-refractivity contribution < 1.29 is 14.7 Å². The summed E-state index contributed by atoms with van der Waals surface area (Å²) in [6.07, 6.45) is 3.86. The summed E-state index contributed by atoms with van der Waals surface area (Å²) in [5.74, 6) is 0.219. The van der Waals surface area contributed by atoms with Crippen LogP contribution in [-0.4, -0.2) is 48.1 Å². The maximum absolute atomic E-state index is 13.0. The van der Waals surface area contributed by atoms with Crippen molar-refractivity contribution >= 4 is 11.9 Å². The second-order valence-electron chi connectivity index (χ2n) is 6.93. The third-order valence-electron chi connectivity index (χ3n) is 5.29. The predicted octanol–water partition coefficient (Wildman–Crippen LogP) is 1.73. The predicted molar refractivity (Wildman–Crippen MR) is 80.9 cm³/mol. The van der Waals surface area contributed by atoms with E-state index in [0.29, 0.717) is 18.3 Å². The molecule has 0 aromatic heterocycles. The van der Waals surface area contributed by atoms with Crippen LogP contribution in [0.3, 0.4) is 0 Å². The number of carbonyl (C=O) groups excluding carboxylic acids is 1. The molecule has 21 heavy (non-hydrogen) atoms. The van der Waals surface area contributed by atoms with Gasteiger partial charge in [-0.1, -0.05) is 13.8 Å². The average molecular weight is 296 g/mol. The van der Waals surface area contributed by atoms with E-state index in [2.05, 4.69) is 19.2 Å². The molecule has 0 aliphatic carbocycles. The summed E-state index contributed by atoms with van der Waals surface area (Å²) in [6.45, 7) is 7.53. The molecule has 5 nitrogen and oxygen atoms in total. The molecule has 2 aliphatic heterocycles. The van der Waals surface area contributed by atoms with E-state index < -0.39 is 5.97 Å². The van der Waals surface area contributed by atoms with Gasteiger partial charge in [0, 0.05) is 26.1 Å². The Labute approximate surface area is 127 Å². The number of hydrogen-bond acceptors (Lipinski definition) is 3. The number of nitrogens with one attached hydrogen (secondary N) is 1. The first-order valence-corrected chi connectivity index (χ1v) is 8.17. The van der Waals surface area contributed by atoms with Crippen molar-refractivity contribution in [2.45, 2.75) is 46.0 Å². The second-order valence-corrected chi connectivity index (χ2v) is 6.93. The van der Waals surface area contributed by atoms with E-state index in [0.717, 1.165) is 45.4 Å². The number of carboxylic acids is 1. The van der Waals surface area contributed by atoms with Crippen LogP contribution in [0.2, 0.25) is 0 Å². The molecule has 2 saturated heterocycles. The lowest BCUT2D eigenvalue weighted by molar-refractivity contribution is -0.145. The van der Waals surface area contributed by atoms with E-state index in [9.17, 15) is 9.59 Å². The number of aliphatic carboxylic acids is 1. The molecule has 0 saturated carbocycles. The number of piperidine rings is 1. The van der Waals surface area contributed by atoms with Gasteiger partial charge in [0.05, 0.1) is 5.41 Å². The van der Waals surface area contributed by atoms with Crippen LogP contribution in [0, 0.1) is 17.3 Å². The minimum absolute atomic E-state index is 0.212. The van der Waals surface area contributed by atoms with Crippen LogP contribution in [0.4, 0.5) is 0 Å². The van der Waals surface area contributed by atoms with Crippen molar-refractivity contribution in [3.05, 3.63) is 0 Å². The molecule has 0 radical (unpaired) electrons. The molecule has 1 amide bonds. The monoisotopic (exact) mass is 296 g/mol. The van der Waals surface area contributed by atoms with E-state index in [-0.39, 0.29) is 17.7 Å². The highest BCUT2D eigenvalue weighted by Crippen LogP contribution is 2.37. The fraction of sp³-hybridized carbons (Fsp3) is 0.875. The molecule has 0 spiro atoms. The fourth-order valence-corrected chi connectivity index (χ4v) is 3.76. The van der Waals surface area contributed by atoms with Crippen LogP contribution < -0.4 is 5.32 Å². The van der Waals surface area contributed by atoms with Gasteiger partial charge in [-0.3, -0.25) is 9.59 Å². The standard InChI is InChI=1S/C16H28N2O3/c1-12(2)16(7-8-17-11-16)15(21)18-9-3-4-13(10-18)5-6-14(19)20/h12-13,17H,3-11H2,1-2H3,(H,19,20). The Kier molecular flexibility index (Phi) is 5.25. The number of likely N-dealkylation sites (tertiary alicyclic amines) is 1. The number of hydrogen-bond donors (Lipinski definition) is 2. The van der Waals surface area contributed by atoms with Crippen molar-refractivity contribution in [3.8, 4) is 0 Å². The SMILES string of the molecule is CC(C)C1(C(=O)N2CCCC(CCC(=O)O)C2)CCNC1. The molecule has 2 fully saturated rings. The van der Waals surface area contributed by atoms with Gasteiger partial charge in [-0.05, 0) is 44.1 Å². The topological polar surface area (TPSA) is 69.6 Å². The van der Waals surface area contributed by atoms with Crippen molar-refractivity contribution in [2.24, 2.45) is 17.3 Å². The molecule has 2 heterocycles. The van der Waals surface area contributed by atoms with Gasteiger partial charge in [0.25, 0.3) is 0 Å². The van der Waals surface area contributed by atoms with Crippen molar-refractivity contribution in [2.75, 3.05) is 26.2 Å². The van der Waals surface area contributed by atoms with Crippen LogP contribution in [-0.2, 0) is 9.59 Å². The number of nitrogens with zero attached hydrogens (tertiary/aromatic N) is 1. The first-order chi connectivity index (χ1) is 9.95. The Morgan fingerprint density at radius 3 is 2.76 bits per heavy atom. The number of carbonyl (C=O) groups is 2. The Morgan fingerprint density at radius 2 is 2.19 bits per heavy atom. The maximum atomic E-state index is 13.0. The van der Waals surface area contributed by atoms with Crippen molar-refractivity contribution in [1.29, 1.82) is 0 Å². The van der Waals surface area contributed by atoms with Crippen LogP contribution in [0.5, 0.6) is 0 Å². The van der Waals surface area contributed by atoms with E-state index >= 15 is 0 Å². The van der Waals surface area contributed by atoms with E-state index in [4.69, 9.17) is 5.11 Å². The summed E-state index contributed by atoms with van der Waals surface area (Å²) in [6, 6.07) is 0. The molecule has 2 rings (SSSR count). The molecule has 0 bridgehead atoms. The minimum Gasteiger partial charge on any atom is -0.481 e. The van der Waals surface area contributed by atoms with Gasteiger partial charge in [0.2, 0.25) is 5.91 Å². The van der Waals surface area contributed by atoms with E-state index in [1.165, 1.54) is 0 Å². The zero-order valence-electron chi connectivity index (χ0n) is 13.2. The highest BCUT2D eigenvalue weighted by molar-refractivity contribution is 5.84. The lowest BCUT2D eigenvalue weighted by atomic mass is 9.74. The number of amides is 1. The summed E-state index contributed by atoms with van der Waals surface area (Å²) in [4.78, 5) is 25.7. The third kappa shape index (κ3) is 3.57. The van der Waals surface area contributed by atoms with E-state index in [1.54, 1.807) is 0 Å². The molecule has 0 aromatic carbocycles. The Bertz CT molecular complexity index is 389. The molecular formula is C16H28N2O3. The highest BCUT2D eigenvalue weighted by Gasteiger charge is 2.46. The molecular weight excluding hydrogens is 268 g/mol. The van der Waals surface area contributed by atoms with Crippen LogP contribution in [0.1, 0.15) is 46.0 Å². The van der Waals surface area contributed by atoms with Crippen molar-refractivity contribution in [1.82, 2.24) is 10.2 Å². The fourth-order valence-electron chi connectivity index (χ4n) is 3.76. The average Bonchev–Trinajstić information content (AvgIpc) is 2.95. The second kappa shape index (κ2) is 6.77. The molecule has 2 unspecified atom stereocenters. The molecule has 0 aromatic rings. The van der Waals surface area contributed by atoms with Crippen LogP contribution in [0.25, 0.3) is 0 Å². The highest BCUT2D eigenvalue weighted by atomic mass is 16.4. The van der Waals surface area contributed by atoms with Gasteiger partial charge >= 0.3 is 5.97 Å². The Balaban J connectivity index is 1.99. The van der Waals surface area contributed by atoms with Gasteiger partial charge in [-0.15, -0.1) is 0 Å². The summed E-state index contributed by atoms with van der Waals surface area (Å²) in [7, 11) is 0. The third-order valence-corrected chi connectivity index (χ3v) is 5.29. The summed E-state index contributed by atoms with van der Waals surface area (Å²) in [5.41, 5.74) is -0.255. The first-order valence-electron chi connectivity index (χ1n) is 8.17. The van der Waals surface area contributed by atoms with Gasteiger partial charge < -0.3 is 15.3 Å². The van der Waals surface area contributed by atoms with E-state index in [1.807, 2.05) is 4.90 Å².